The molecule has 0 saturated carbocycles. The predicted octanol–water partition coefficient (Wildman–Crippen LogP) is 4.55. The monoisotopic (exact) mass is 333 g/mol. The van der Waals surface area contributed by atoms with Crippen LogP contribution in [0.4, 0.5) is 4.39 Å². The molecule has 0 aliphatic rings. The summed E-state index contributed by atoms with van der Waals surface area (Å²) in [5, 5.41) is 2.09. The average molecular weight is 335 g/mol. The van der Waals surface area contributed by atoms with E-state index in [4.69, 9.17) is 17.3 Å². The van der Waals surface area contributed by atoms with Gasteiger partial charge in [-0.05, 0) is 45.4 Å². The van der Waals surface area contributed by atoms with Gasteiger partial charge in [-0.15, -0.1) is 11.3 Å². The maximum atomic E-state index is 13.7. The number of hydrogen-bond donors (Lipinski definition) is 1. The van der Waals surface area contributed by atoms with Crippen LogP contribution >= 0.6 is 38.9 Å². The minimum absolute atomic E-state index is 0.139. The van der Waals surface area contributed by atoms with Crippen LogP contribution in [0.5, 0.6) is 0 Å². The van der Waals surface area contributed by atoms with Crippen molar-refractivity contribution in [1.29, 1.82) is 0 Å². The zero-order valence-electron chi connectivity index (χ0n) is 8.79. The van der Waals surface area contributed by atoms with Crippen molar-refractivity contribution in [3.8, 4) is 0 Å². The summed E-state index contributed by atoms with van der Waals surface area (Å²) >= 11 is 10.7. The topological polar surface area (TPSA) is 26.0 Å². The Morgan fingerprint density at radius 3 is 2.82 bits per heavy atom. The molecule has 2 aromatic rings. The summed E-state index contributed by atoms with van der Waals surface area (Å²) in [6, 6.07) is 6.69. The minimum atomic E-state index is -0.378. The third kappa shape index (κ3) is 2.88. The van der Waals surface area contributed by atoms with Crippen LogP contribution in [0.15, 0.2) is 34.1 Å². The van der Waals surface area contributed by atoms with Gasteiger partial charge < -0.3 is 5.73 Å². The average Bonchev–Trinajstić information content (AvgIpc) is 2.71. The molecule has 5 heteroatoms. The number of rotatable bonds is 3. The maximum Gasteiger partial charge on any atom is 0.145 e. The number of hydrogen-bond acceptors (Lipinski definition) is 2. The van der Waals surface area contributed by atoms with Gasteiger partial charge in [-0.2, -0.15) is 0 Å². The van der Waals surface area contributed by atoms with Crippen molar-refractivity contribution in [3.05, 3.63) is 55.4 Å². The lowest BCUT2D eigenvalue weighted by Gasteiger charge is -2.11. The van der Waals surface area contributed by atoms with Crippen LogP contribution in [-0.2, 0) is 6.42 Å². The van der Waals surface area contributed by atoms with Crippen molar-refractivity contribution in [3.63, 3.8) is 0 Å². The molecule has 0 radical (unpaired) electrons. The van der Waals surface area contributed by atoms with E-state index >= 15 is 0 Å². The first-order valence-electron chi connectivity index (χ1n) is 5.01. The van der Waals surface area contributed by atoms with Crippen molar-refractivity contribution in [1.82, 2.24) is 0 Å². The molecule has 0 spiro atoms. The molecule has 0 fully saturated rings. The summed E-state index contributed by atoms with van der Waals surface area (Å²) in [6.07, 6.45) is 0.436. The second-order valence-corrected chi connectivity index (χ2v) is 5.87. The van der Waals surface area contributed by atoms with E-state index in [2.05, 4.69) is 15.9 Å². The number of halogens is 3. The molecule has 1 atom stereocenters. The van der Waals surface area contributed by atoms with Crippen LogP contribution in [0.2, 0.25) is 5.02 Å². The van der Waals surface area contributed by atoms with Gasteiger partial charge in [-0.1, -0.05) is 23.7 Å². The fourth-order valence-corrected chi connectivity index (χ4v) is 3.47. The predicted molar refractivity (Wildman–Crippen MR) is 74.1 cm³/mol. The Morgan fingerprint density at radius 2 is 2.18 bits per heavy atom. The van der Waals surface area contributed by atoms with E-state index in [0.717, 1.165) is 9.35 Å². The molecular weight excluding hydrogens is 325 g/mol. The molecule has 0 amide bonds. The maximum absolute atomic E-state index is 13.7. The first kappa shape index (κ1) is 13.0. The molecule has 0 saturated heterocycles. The highest BCUT2D eigenvalue weighted by Crippen LogP contribution is 2.30. The SMILES string of the molecule is NC(Cc1cccc(Cl)c1F)c1sccc1Br. The first-order chi connectivity index (χ1) is 8.09. The first-order valence-corrected chi connectivity index (χ1v) is 7.06. The van der Waals surface area contributed by atoms with Crippen molar-refractivity contribution < 1.29 is 4.39 Å². The van der Waals surface area contributed by atoms with Crippen LogP contribution < -0.4 is 5.73 Å². The third-order valence-corrected chi connectivity index (χ3v) is 4.75. The number of benzene rings is 1. The van der Waals surface area contributed by atoms with Crippen molar-refractivity contribution in [2.45, 2.75) is 12.5 Å². The van der Waals surface area contributed by atoms with Gasteiger partial charge in [0.1, 0.15) is 5.82 Å². The zero-order chi connectivity index (χ0) is 12.4. The molecular formula is C12H10BrClFNS. The van der Waals surface area contributed by atoms with E-state index in [0.29, 0.717) is 12.0 Å². The van der Waals surface area contributed by atoms with E-state index in [1.54, 1.807) is 23.5 Å². The molecule has 0 aliphatic carbocycles. The van der Waals surface area contributed by atoms with Crippen LogP contribution in [-0.4, -0.2) is 0 Å². The summed E-state index contributed by atoms with van der Waals surface area (Å²) in [7, 11) is 0. The van der Waals surface area contributed by atoms with Crippen LogP contribution in [0.1, 0.15) is 16.5 Å². The highest BCUT2D eigenvalue weighted by Gasteiger charge is 2.15. The number of thiophene rings is 1. The summed E-state index contributed by atoms with van der Waals surface area (Å²) in [4.78, 5) is 1.02. The Balaban J connectivity index is 2.22. The molecule has 1 aromatic heterocycles. The summed E-state index contributed by atoms with van der Waals surface area (Å²) in [5.74, 6) is -0.378. The highest BCUT2D eigenvalue weighted by molar-refractivity contribution is 9.10. The van der Waals surface area contributed by atoms with Gasteiger partial charge in [0.05, 0.1) is 5.02 Å². The highest BCUT2D eigenvalue weighted by atomic mass is 79.9. The van der Waals surface area contributed by atoms with Gasteiger partial charge in [-0.25, -0.2) is 4.39 Å². The van der Waals surface area contributed by atoms with E-state index < -0.39 is 0 Å². The standard InChI is InChI=1S/C12H10BrClFNS/c13-8-4-5-17-12(8)10(16)6-7-2-1-3-9(14)11(7)15/h1-5,10H,6,16H2. The molecule has 2 rings (SSSR count). The van der Waals surface area contributed by atoms with Crippen LogP contribution in [0, 0.1) is 5.82 Å². The Kier molecular flexibility index (Phi) is 4.20. The molecule has 1 nitrogen and oxygen atoms in total. The van der Waals surface area contributed by atoms with Gasteiger partial charge in [0.2, 0.25) is 0 Å². The molecule has 0 aliphatic heterocycles. The molecule has 2 N–H and O–H groups in total. The number of nitrogens with two attached hydrogens (primary N) is 1. The Labute approximate surface area is 117 Å². The van der Waals surface area contributed by atoms with E-state index in [9.17, 15) is 4.39 Å². The van der Waals surface area contributed by atoms with Crippen LogP contribution in [0.3, 0.4) is 0 Å². The third-order valence-electron chi connectivity index (χ3n) is 2.45. The van der Waals surface area contributed by atoms with Crippen LogP contribution in [0.25, 0.3) is 0 Å². The van der Waals surface area contributed by atoms with E-state index in [-0.39, 0.29) is 16.9 Å². The lowest BCUT2D eigenvalue weighted by molar-refractivity contribution is 0.595. The van der Waals surface area contributed by atoms with Gasteiger partial charge in [0.25, 0.3) is 0 Å². The van der Waals surface area contributed by atoms with Crippen molar-refractivity contribution in [2.24, 2.45) is 5.73 Å². The second-order valence-electron chi connectivity index (χ2n) is 3.66. The smallest absolute Gasteiger partial charge is 0.145 e. The minimum Gasteiger partial charge on any atom is -0.323 e. The summed E-state index contributed by atoms with van der Waals surface area (Å²) < 4.78 is 14.7. The second kappa shape index (κ2) is 5.48. The van der Waals surface area contributed by atoms with Crippen molar-refractivity contribution >= 4 is 38.9 Å². The Bertz CT molecular complexity index is 529. The van der Waals surface area contributed by atoms with E-state index in [1.807, 2.05) is 11.4 Å². The molecule has 90 valence electrons. The Hall–Kier alpha value is -0.420. The summed E-state index contributed by atoms with van der Waals surface area (Å²) in [5.41, 5.74) is 6.61. The lowest BCUT2D eigenvalue weighted by Crippen LogP contribution is -2.13. The largest absolute Gasteiger partial charge is 0.323 e. The van der Waals surface area contributed by atoms with Gasteiger partial charge >= 0.3 is 0 Å². The van der Waals surface area contributed by atoms with Gasteiger partial charge in [0.15, 0.2) is 0 Å². The van der Waals surface area contributed by atoms with Crippen molar-refractivity contribution in [2.75, 3.05) is 0 Å². The summed E-state index contributed by atoms with van der Waals surface area (Å²) in [6.45, 7) is 0. The molecule has 17 heavy (non-hydrogen) atoms. The molecule has 1 unspecified atom stereocenters. The van der Waals surface area contributed by atoms with Gasteiger partial charge in [-0.3, -0.25) is 0 Å². The Morgan fingerprint density at radius 1 is 1.41 bits per heavy atom. The fraction of sp³-hybridized carbons (Fsp3) is 0.167. The van der Waals surface area contributed by atoms with Gasteiger partial charge in [0, 0.05) is 15.4 Å². The van der Waals surface area contributed by atoms with E-state index in [1.165, 1.54) is 6.07 Å². The lowest BCUT2D eigenvalue weighted by atomic mass is 10.0. The normalized spacial score (nSPS) is 12.7. The molecule has 1 aromatic carbocycles. The fourth-order valence-electron chi connectivity index (χ4n) is 1.61. The zero-order valence-corrected chi connectivity index (χ0v) is 11.9. The molecule has 1 heterocycles. The quantitative estimate of drug-likeness (QED) is 0.876. The molecule has 0 bridgehead atoms.